The number of fused-ring (bicyclic) bond motifs is 1. The molecule has 1 aliphatic carbocycles. The molecule has 1 saturated carbocycles. The Hall–Kier alpha value is -2.44. The zero-order valence-electron chi connectivity index (χ0n) is 13.6. The van der Waals surface area contributed by atoms with Crippen molar-refractivity contribution in [1.82, 2.24) is 4.98 Å². The molecule has 1 amide bonds. The van der Waals surface area contributed by atoms with Gasteiger partial charge < -0.3 is 14.1 Å². The average molecular weight is 348 g/mol. The number of amides is 1. The number of para-hydroxylation sites is 1. The van der Waals surface area contributed by atoms with Crippen LogP contribution in [-0.4, -0.2) is 24.0 Å². The molecule has 2 aromatic rings. The van der Waals surface area contributed by atoms with Crippen molar-refractivity contribution in [1.29, 1.82) is 0 Å². The lowest BCUT2D eigenvalue weighted by Gasteiger charge is -2.30. The lowest BCUT2D eigenvalue weighted by atomic mass is 10.0. The highest BCUT2D eigenvalue weighted by Gasteiger charge is 2.30. The van der Waals surface area contributed by atoms with Crippen LogP contribution in [0.25, 0.3) is 0 Å². The lowest BCUT2D eigenvalue weighted by molar-refractivity contribution is -0.0495. The van der Waals surface area contributed by atoms with Crippen LogP contribution in [0.1, 0.15) is 41.2 Å². The Bertz CT molecular complexity index is 786. The number of halogens is 2. The number of rotatable bonds is 5. The third-order valence-electron chi connectivity index (χ3n) is 4.57. The van der Waals surface area contributed by atoms with Crippen molar-refractivity contribution in [3.63, 3.8) is 0 Å². The first kappa shape index (κ1) is 16.1. The first-order valence-corrected chi connectivity index (χ1v) is 8.45. The van der Waals surface area contributed by atoms with E-state index in [9.17, 15) is 13.6 Å². The van der Waals surface area contributed by atoms with E-state index in [0.717, 1.165) is 18.4 Å². The largest absolute Gasteiger partial charge is 0.448 e. The maximum Gasteiger partial charge on any atom is 0.387 e. The maximum absolute atomic E-state index is 12.9. The van der Waals surface area contributed by atoms with Gasteiger partial charge in [-0.1, -0.05) is 12.1 Å². The van der Waals surface area contributed by atoms with Crippen molar-refractivity contribution in [3.8, 4) is 5.75 Å². The molecule has 0 atom stereocenters. The topological polar surface area (TPSA) is 55.6 Å². The highest BCUT2D eigenvalue weighted by molar-refractivity contribution is 6.06. The summed E-state index contributed by atoms with van der Waals surface area (Å²) in [4.78, 5) is 18.6. The number of benzene rings is 1. The fourth-order valence-corrected chi connectivity index (χ4v) is 3.22. The van der Waals surface area contributed by atoms with Crippen LogP contribution >= 0.6 is 0 Å². The van der Waals surface area contributed by atoms with Crippen LogP contribution in [0.15, 0.2) is 28.9 Å². The summed E-state index contributed by atoms with van der Waals surface area (Å²) in [6.45, 7) is -2.51. The van der Waals surface area contributed by atoms with E-state index in [4.69, 9.17) is 4.42 Å². The van der Waals surface area contributed by atoms with E-state index >= 15 is 0 Å². The standard InChI is InChI=1S/C18H18F2N2O3/c19-18(20)25-14-5-1-3-12-4-2-8-22(16(12)14)17(23)13-10-24-15(21-13)9-11-6-7-11/h1,3,5,10-11,18H,2,4,6-9H2. The number of anilines is 1. The predicted octanol–water partition coefficient (Wildman–Crippen LogP) is 3.82. The summed E-state index contributed by atoms with van der Waals surface area (Å²) in [5.41, 5.74) is 1.43. The molecule has 0 radical (unpaired) electrons. The van der Waals surface area contributed by atoms with Gasteiger partial charge in [-0.3, -0.25) is 4.79 Å². The molecule has 1 aromatic heterocycles. The number of hydrogen-bond donors (Lipinski definition) is 0. The summed E-state index contributed by atoms with van der Waals surface area (Å²) in [5, 5.41) is 0. The fraction of sp³-hybridized carbons (Fsp3) is 0.444. The van der Waals surface area contributed by atoms with Gasteiger partial charge in [-0.2, -0.15) is 8.78 Å². The molecule has 4 rings (SSSR count). The summed E-state index contributed by atoms with van der Waals surface area (Å²) in [6.07, 6.45) is 5.89. The van der Waals surface area contributed by atoms with Crippen LogP contribution in [-0.2, 0) is 12.8 Å². The molecule has 0 saturated heterocycles. The number of hydrogen-bond acceptors (Lipinski definition) is 4. The van der Waals surface area contributed by atoms with Gasteiger partial charge in [0.2, 0.25) is 0 Å². The first-order chi connectivity index (χ1) is 12.1. The van der Waals surface area contributed by atoms with Crippen molar-refractivity contribution < 1.29 is 22.7 Å². The molecule has 25 heavy (non-hydrogen) atoms. The van der Waals surface area contributed by atoms with Gasteiger partial charge >= 0.3 is 6.61 Å². The van der Waals surface area contributed by atoms with E-state index in [2.05, 4.69) is 9.72 Å². The minimum Gasteiger partial charge on any atom is -0.448 e. The number of aryl methyl sites for hydroxylation is 1. The molecule has 2 aliphatic rings. The van der Waals surface area contributed by atoms with E-state index in [-0.39, 0.29) is 17.4 Å². The quantitative estimate of drug-likeness (QED) is 0.824. The summed E-state index contributed by atoms with van der Waals surface area (Å²) < 4.78 is 35.5. The molecule has 0 N–H and O–H groups in total. The van der Waals surface area contributed by atoms with E-state index in [0.29, 0.717) is 30.5 Å². The second-order valence-corrected chi connectivity index (χ2v) is 6.48. The van der Waals surface area contributed by atoms with Crippen LogP contribution in [0.4, 0.5) is 14.5 Å². The van der Waals surface area contributed by atoms with E-state index in [1.165, 1.54) is 30.1 Å². The first-order valence-electron chi connectivity index (χ1n) is 8.45. The van der Waals surface area contributed by atoms with Gasteiger partial charge in [-0.15, -0.1) is 0 Å². The third kappa shape index (κ3) is 3.36. The monoisotopic (exact) mass is 348 g/mol. The minimum atomic E-state index is -2.94. The molecule has 1 aliphatic heterocycles. The van der Waals surface area contributed by atoms with Crippen LogP contribution in [0.5, 0.6) is 5.75 Å². The zero-order chi connectivity index (χ0) is 17.4. The average Bonchev–Trinajstić information content (AvgIpc) is 3.28. The van der Waals surface area contributed by atoms with Crippen LogP contribution in [0.3, 0.4) is 0 Å². The van der Waals surface area contributed by atoms with Crippen molar-refractivity contribution in [3.05, 3.63) is 41.6 Å². The highest BCUT2D eigenvalue weighted by atomic mass is 19.3. The number of ether oxygens (including phenoxy) is 1. The molecule has 132 valence electrons. The van der Waals surface area contributed by atoms with E-state index < -0.39 is 6.61 Å². The van der Waals surface area contributed by atoms with Crippen molar-refractivity contribution in [2.45, 2.75) is 38.7 Å². The second-order valence-electron chi connectivity index (χ2n) is 6.48. The number of carbonyl (C=O) groups excluding carboxylic acids is 1. The lowest BCUT2D eigenvalue weighted by Crippen LogP contribution is -2.36. The predicted molar refractivity (Wildman–Crippen MR) is 86.0 cm³/mol. The zero-order valence-corrected chi connectivity index (χ0v) is 13.6. The van der Waals surface area contributed by atoms with Crippen molar-refractivity contribution in [2.24, 2.45) is 5.92 Å². The molecule has 1 aromatic carbocycles. The Labute approximate surface area is 143 Å². The van der Waals surface area contributed by atoms with Gasteiger partial charge in [0.15, 0.2) is 11.6 Å². The van der Waals surface area contributed by atoms with Gasteiger partial charge in [0.05, 0.1) is 5.69 Å². The van der Waals surface area contributed by atoms with Gasteiger partial charge in [0.25, 0.3) is 5.91 Å². The highest BCUT2D eigenvalue weighted by Crippen LogP contribution is 2.38. The molecule has 2 heterocycles. The number of alkyl halides is 2. The molecule has 7 heteroatoms. The van der Waals surface area contributed by atoms with Crippen LogP contribution < -0.4 is 9.64 Å². The van der Waals surface area contributed by atoms with Crippen LogP contribution in [0, 0.1) is 5.92 Å². The SMILES string of the molecule is O=C(c1coc(CC2CC2)n1)N1CCCc2cccc(OC(F)F)c21. The number of carbonyl (C=O) groups is 1. The van der Waals surface area contributed by atoms with Gasteiger partial charge in [-0.05, 0) is 43.2 Å². The van der Waals surface area contributed by atoms with Gasteiger partial charge in [0, 0.05) is 13.0 Å². The number of nitrogens with zero attached hydrogens (tertiary/aromatic N) is 2. The molecule has 0 unspecified atom stereocenters. The molecule has 1 fully saturated rings. The van der Waals surface area contributed by atoms with Crippen molar-refractivity contribution >= 4 is 11.6 Å². The summed E-state index contributed by atoms with van der Waals surface area (Å²) >= 11 is 0. The number of aromatic nitrogens is 1. The van der Waals surface area contributed by atoms with Crippen molar-refractivity contribution in [2.75, 3.05) is 11.4 Å². The van der Waals surface area contributed by atoms with E-state index in [1.807, 2.05) is 6.07 Å². The molecule has 5 nitrogen and oxygen atoms in total. The normalized spacial score (nSPS) is 16.8. The van der Waals surface area contributed by atoms with Crippen LogP contribution in [0.2, 0.25) is 0 Å². The van der Waals surface area contributed by atoms with E-state index in [1.54, 1.807) is 6.07 Å². The third-order valence-corrected chi connectivity index (χ3v) is 4.57. The number of oxazole rings is 1. The minimum absolute atomic E-state index is 0.0160. The maximum atomic E-state index is 12.9. The molecular weight excluding hydrogens is 330 g/mol. The molecular formula is C18H18F2N2O3. The summed E-state index contributed by atoms with van der Waals surface area (Å²) in [7, 11) is 0. The van der Waals surface area contributed by atoms with Gasteiger partial charge in [-0.25, -0.2) is 4.98 Å². The fourth-order valence-electron chi connectivity index (χ4n) is 3.22. The molecule has 0 spiro atoms. The Morgan fingerprint density at radius 3 is 3.00 bits per heavy atom. The smallest absolute Gasteiger partial charge is 0.387 e. The summed E-state index contributed by atoms with van der Waals surface area (Å²) in [6, 6.07) is 4.95. The molecule has 0 bridgehead atoms. The Morgan fingerprint density at radius 1 is 1.40 bits per heavy atom. The van der Waals surface area contributed by atoms with Gasteiger partial charge in [0.1, 0.15) is 12.0 Å². The Morgan fingerprint density at radius 2 is 2.24 bits per heavy atom. The second kappa shape index (κ2) is 6.46. The Balaban J connectivity index is 1.62. The summed E-state index contributed by atoms with van der Waals surface area (Å²) in [5.74, 6) is 0.822. The Kier molecular flexibility index (Phi) is 4.15.